The van der Waals surface area contributed by atoms with Gasteiger partial charge in [-0.25, -0.2) is 4.39 Å². The fourth-order valence-corrected chi connectivity index (χ4v) is 8.14. The van der Waals surface area contributed by atoms with E-state index >= 15 is 0 Å². The number of fused-ring (bicyclic) bond motifs is 4. The molecule has 8 nitrogen and oxygen atoms in total. The number of ether oxygens (including phenoxy) is 2. The Hall–Kier alpha value is -2.67. The zero-order chi connectivity index (χ0) is 27.3. The van der Waals surface area contributed by atoms with Crippen molar-refractivity contribution in [2.75, 3.05) is 37.7 Å². The van der Waals surface area contributed by atoms with Crippen LogP contribution >= 0.6 is 11.6 Å². The molecule has 1 aromatic carbocycles. The predicted octanol–water partition coefficient (Wildman–Crippen LogP) is 4.43. The van der Waals surface area contributed by atoms with Crippen molar-refractivity contribution in [2.45, 2.75) is 87.7 Å². The van der Waals surface area contributed by atoms with E-state index in [1.54, 1.807) is 0 Å². The number of aromatic nitrogens is 2. The normalized spacial score (nSPS) is 31.4. The third-order valence-corrected chi connectivity index (χ3v) is 10.2. The van der Waals surface area contributed by atoms with Gasteiger partial charge in [0.2, 0.25) is 0 Å². The highest BCUT2D eigenvalue weighted by Gasteiger charge is 2.50. The Morgan fingerprint density at radius 3 is 3.00 bits per heavy atom. The number of benzene rings is 1. The summed E-state index contributed by atoms with van der Waals surface area (Å²) in [6.45, 7) is 3.74. The number of hydrogen-bond donors (Lipinski definition) is 1. The van der Waals surface area contributed by atoms with Crippen LogP contribution in [-0.4, -0.2) is 65.4 Å². The van der Waals surface area contributed by atoms with Crippen LogP contribution in [0.4, 0.5) is 10.2 Å². The van der Waals surface area contributed by atoms with Crippen LogP contribution in [0.5, 0.6) is 6.01 Å². The van der Waals surface area contributed by atoms with Gasteiger partial charge in [-0.2, -0.15) is 15.2 Å². The van der Waals surface area contributed by atoms with Gasteiger partial charge in [-0.1, -0.05) is 23.7 Å². The minimum Gasteiger partial charge on any atom is -0.461 e. The SMILES string of the molecule is N#CN[C@@H]1CCCCN(c2nc(OC[C@@]34CCCN3C[C@H](F)C4)nc3c2CO[C@@]2(CCc4c(Cl)cccc42)C3)C1. The smallest absolute Gasteiger partial charge is 0.318 e. The summed E-state index contributed by atoms with van der Waals surface area (Å²) in [6.07, 6.45) is 9.20. The molecule has 0 unspecified atom stereocenters. The second-order valence-corrected chi connectivity index (χ2v) is 12.6. The summed E-state index contributed by atoms with van der Waals surface area (Å²) in [7, 11) is 0. The largest absolute Gasteiger partial charge is 0.461 e. The third kappa shape index (κ3) is 4.49. The molecule has 4 aliphatic heterocycles. The number of nitrogens with zero attached hydrogens (tertiary/aromatic N) is 5. The molecule has 7 rings (SSSR count). The number of nitrogens with one attached hydrogen (secondary N) is 1. The van der Waals surface area contributed by atoms with Crippen LogP contribution in [0.15, 0.2) is 18.2 Å². The average Bonchev–Trinajstić information content (AvgIpc) is 3.52. The molecule has 5 heterocycles. The molecule has 3 fully saturated rings. The lowest BCUT2D eigenvalue weighted by atomic mass is 9.87. The highest BCUT2D eigenvalue weighted by molar-refractivity contribution is 6.31. The van der Waals surface area contributed by atoms with Gasteiger partial charge in [0.1, 0.15) is 18.6 Å². The highest BCUT2D eigenvalue weighted by atomic mass is 35.5. The van der Waals surface area contributed by atoms with Crippen LogP contribution in [-0.2, 0) is 29.8 Å². The summed E-state index contributed by atoms with van der Waals surface area (Å²) in [5.74, 6) is 0.835. The second kappa shape index (κ2) is 10.3. The van der Waals surface area contributed by atoms with Gasteiger partial charge in [0.15, 0.2) is 6.19 Å². The van der Waals surface area contributed by atoms with E-state index in [4.69, 9.17) is 31.0 Å². The summed E-state index contributed by atoms with van der Waals surface area (Å²) in [5.41, 5.74) is 3.53. The first-order valence-corrected chi connectivity index (χ1v) is 15.1. The number of rotatable bonds is 5. The molecule has 1 aliphatic carbocycles. The number of alkyl halides is 1. The lowest BCUT2D eigenvalue weighted by Gasteiger charge is -2.38. The second-order valence-electron chi connectivity index (χ2n) is 12.2. The monoisotopic (exact) mass is 566 g/mol. The number of nitriles is 1. The highest BCUT2D eigenvalue weighted by Crippen LogP contribution is 2.49. The predicted molar refractivity (Wildman–Crippen MR) is 149 cm³/mol. The van der Waals surface area contributed by atoms with Crippen molar-refractivity contribution in [1.29, 1.82) is 5.26 Å². The Bertz CT molecular complexity index is 1340. The first-order chi connectivity index (χ1) is 19.5. The van der Waals surface area contributed by atoms with E-state index in [1.807, 2.05) is 12.1 Å². The van der Waals surface area contributed by atoms with E-state index in [1.165, 1.54) is 5.56 Å². The van der Waals surface area contributed by atoms with Gasteiger partial charge < -0.3 is 19.7 Å². The Kier molecular flexibility index (Phi) is 6.76. The molecule has 0 bridgehead atoms. The summed E-state index contributed by atoms with van der Waals surface area (Å²) in [5, 5.41) is 13.1. The van der Waals surface area contributed by atoms with E-state index in [0.29, 0.717) is 45.2 Å². The van der Waals surface area contributed by atoms with Crippen molar-refractivity contribution < 1.29 is 13.9 Å². The fraction of sp³-hybridized carbons (Fsp3) is 0.633. The zero-order valence-corrected chi connectivity index (χ0v) is 23.6. The van der Waals surface area contributed by atoms with E-state index in [9.17, 15) is 9.65 Å². The topological polar surface area (TPSA) is 86.5 Å². The van der Waals surface area contributed by atoms with Crippen molar-refractivity contribution in [2.24, 2.45) is 0 Å². The molecule has 2 aromatic rings. The maximum Gasteiger partial charge on any atom is 0.318 e. The van der Waals surface area contributed by atoms with Gasteiger partial charge in [0.05, 0.1) is 29.5 Å². The molecule has 212 valence electrons. The van der Waals surface area contributed by atoms with Crippen LogP contribution in [0.1, 0.15) is 67.3 Å². The van der Waals surface area contributed by atoms with Crippen LogP contribution in [0.3, 0.4) is 0 Å². The Morgan fingerprint density at radius 1 is 1.18 bits per heavy atom. The van der Waals surface area contributed by atoms with Gasteiger partial charge in [-0.15, -0.1) is 0 Å². The molecule has 0 saturated carbocycles. The molecule has 4 atom stereocenters. The molecule has 5 aliphatic rings. The van der Waals surface area contributed by atoms with E-state index in [2.05, 4.69) is 27.4 Å². The standard InChI is InChI=1S/C30H36ClFN6O2/c31-25-7-3-6-24-22(25)8-10-30(24)14-26-23(17-40-30)27(37-11-2-1-5-21(16-37)34-19-33)36-28(35-26)39-18-29-9-4-12-38(29)15-20(32)13-29/h3,6-7,20-21,34H,1-2,4-5,8-18H2/t20-,21-,29+,30+/m1/s1. The molecule has 1 aromatic heterocycles. The van der Waals surface area contributed by atoms with Crippen molar-refractivity contribution in [3.63, 3.8) is 0 Å². The molecule has 1 spiro atoms. The fourth-order valence-electron chi connectivity index (χ4n) is 7.87. The Labute approximate surface area is 239 Å². The Balaban J connectivity index is 1.24. The van der Waals surface area contributed by atoms with Gasteiger partial charge in [-0.05, 0) is 68.7 Å². The first kappa shape index (κ1) is 26.2. The van der Waals surface area contributed by atoms with Crippen LogP contribution in [0, 0.1) is 11.5 Å². The summed E-state index contributed by atoms with van der Waals surface area (Å²) < 4.78 is 27.5. The molecule has 40 heavy (non-hydrogen) atoms. The summed E-state index contributed by atoms with van der Waals surface area (Å²) >= 11 is 6.57. The minimum absolute atomic E-state index is 0.0631. The van der Waals surface area contributed by atoms with Crippen LogP contribution < -0.4 is 15.0 Å². The molecular formula is C30H36ClFN6O2. The number of hydrogen-bond acceptors (Lipinski definition) is 8. The number of anilines is 1. The zero-order valence-electron chi connectivity index (χ0n) is 22.8. The summed E-state index contributed by atoms with van der Waals surface area (Å²) in [6, 6.07) is 6.50. The average molecular weight is 567 g/mol. The van der Waals surface area contributed by atoms with Crippen LogP contribution in [0.2, 0.25) is 5.02 Å². The Morgan fingerprint density at radius 2 is 2.10 bits per heavy atom. The quantitative estimate of drug-likeness (QED) is 0.420. The lowest BCUT2D eigenvalue weighted by Crippen LogP contribution is -2.44. The minimum atomic E-state index is -0.808. The number of halogens is 2. The lowest BCUT2D eigenvalue weighted by molar-refractivity contribution is -0.0730. The first-order valence-electron chi connectivity index (χ1n) is 14.7. The maximum absolute atomic E-state index is 14.4. The molecule has 10 heteroatoms. The molecule has 1 N–H and O–H groups in total. The van der Waals surface area contributed by atoms with Gasteiger partial charge >= 0.3 is 6.01 Å². The molecular weight excluding hydrogens is 531 g/mol. The molecule has 0 amide bonds. The van der Waals surface area contributed by atoms with E-state index in [0.717, 1.165) is 85.7 Å². The van der Waals surface area contributed by atoms with Crippen molar-refractivity contribution in [3.8, 4) is 12.2 Å². The van der Waals surface area contributed by atoms with E-state index < -0.39 is 11.8 Å². The third-order valence-electron chi connectivity index (χ3n) is 9.86. The van der Waals surface area contributed by atoms with Crippen LogP contribution in [0.25, 0.3) is 0 Å². The molecule has 3 saturated heterocycles. The van der Waals surface area contributed by atoms with Crippen molar-refractivity contribution in [1.82, 2.24) is 20.2 Å². The molecule has 0 radical (unpaired) electrons. The van der Waals surface area contributed by atoms with Gasteiger partial charge in [-0.3, -0.25) is 4.90 Å². The summed E-state index contributed by atoms with van der Waals surface area (Å²) in [4.78, 5) is 14.5. The van der Waals surface area contributed by atoms with Crippen molar-refractivity contribution >= 4 is 17.4 Å². The maximum atomic E-state index is 14.4. The van der Waals surface area contributed by atoms with Gasteiger partial charge in [0.25, 0.3) is 0 Å². The van der Waals surface area contributed by atoms with Gasteiger partial charge in [0, 0.05) is 43.1 Å². The van der Waals surface area contributed by atoms with Crippen molar-refractivity contribution in [3.05, 3.63) is 45.6 Å². The van der Waals surface area contributed by atoms with E-state index in [-0.39, 0.29) is 11.6 Å².